The molecule has 2 aromatic rings. The number of carbonyl (C=O) groups excluding carboxylic acids is 1. The molecule has 0 saturated carbocycles. The molecule has 4 nitrogen and oxygen atoms in total. The zero-order valence-corrected chi connectivity index (χ0v) is 9.22. The molecule has 2 rings (SSSR count). The Morgan fingerprint density at radius 2 is 2.33 bits per heavy atom. The maximum atomic E-state index is 11.4. The number of carbonyl (C=O) groups is 1. The van der Waals surface area contributed by atoms with Crippen LogP contribution in [0, 0.1) is 6.92 Å². The van der Waals surface area contributed by atoms with Crippen LogP contribution in [0.25, 0.3) is 10.2 Å². The van der Waals surface area contributed by atoms with Crippen LogP contribution in [0.3, 0.4) is 0 Å². The molecule has 2 aromatic heterocycles. The van der Waals surface area contributed by atoms with Crippen molar-refractivity contribution in [1.82, 2.24) is 4.98 Å². The third-order valence-electron chi connectivity index (χ3n) is 2.21. The van der Waals surface area contributed by atoms with Gasteiger partial charge in [-0.2, -0.15) is 0 Å². The van der Waals surface area contributed by atoms with Crippen molar-refractivity contribution in [2.75, 3.05) is 12.8 Å². The molecule has 2 N–H and O–H groups in total. The van der Waals surface area contributed by atoms with Gasteiger partial charge in [0.15, 0.2) is 0 Å². The Morgan fingerprint density at radius 1 is 1.60 bits per heavy atom. The van der Waals surface area contributed by atoms with E-state index in [1.165, 1.54) is 18.4 Å². The van der Waals surface area contributed by atoms with Gasteiger partial charge < -0.3 is 10.5 Å². The van der Waals surface area contributed by atoms with Gasteiger partial charge in [0, 0.05) is 11.6 Å². The fourth-order valence-electron chi connectivity index (χ4n) is 1.45. The minimum atomic E-state index is -0.408. The first-order chi connectivity index (χ1) is 7.15. The smallest absolute Gasteiger partial charge is 0.350 e. The summed E-state index contributed by atoms with van der Waals surface area (Å²) in [5.41, 5.74) is 7.37. The third-order valence-corrected chi connectivity index (χ3v) is 3.30. The standard InChI is InChI=1S/C10H10N2O2S/c1-5-3-4-12-9-6(5)7(11)8(15-9)10(13)14-2/h3-4H,11H2,1-2H3. The molecule has 0 saturated heterocycles. The van der Waals surface area contributed by atoms with Gasteiger partial charge in [-0.05, 0) is 18.6 Å². The molecule has 0 fully saturated rings. The Bertz CT molecular complexity index is 533. The molecular weight excluding hydrogens is 212 g/mol. The topological polar surface area (TPSA) is 65.2 Å². The summed E-state index contributed by atoms with van der Waals surface area (Å²) in [6.45, 7) is 1.94. The molecule has 0 unspecified atom stereocenters. The summed E-state index contributed by atoms with van der Waals surface area (Å²) in [7, 11) is 1.34. The van der Waals surface area contributed by atoms with Crippen molar-refractivity contribution in [2.24, 2.45) is 0 Å². The van der Waals surface area contributed by atoms with Gasteiger partial charge in [-0.15, -0.1) is 11.3 Å². The first-order valence-electron chi connectivity index (χ1n) is 4.37. The van der Waals surface area contributed by atoms with Crippen LogP contribution in [0.2, 0.25) is 0 Å². The van der Waals surface area contributed by atoms with Crippen LogP contribution >= 0.6 is 11.3 Å². The number of aromatic nitrogens is 1. The highest BCUT2D eigenvalue weighted by atomic mass is 32.1. The number of fused-ring (bicyclic) bond motifs is 1. The third kappa shape index (κ3) is 1.45. The fourth-order valence-corrected chi connectivity index (χ4v) is 2.51. The Morgan fingerprint density at radius 3 is 2.93 bits per heavy atom. The highest BCUT2D eigenvalue weighted by molar-refractivity contribution is 7.21. The summed E-state index contributed by atoms with van der Waals surface area (Å²) < 4.78 is 4.65. The Kier molecular flexibility index (Phi) is 2.32. The Hall–Kier alpha value is -1.62. The van der Waals surface area contributed by atoms with Crippen LogP contribution in [0.5, 0.6) is 0 Å². The molecule has 0 aromatic carbocycles. The monoisotopic (exact) mass is 222 g/mol. The molecule has 5 heteroatoms. The number of hydrogen-bond donors (Lipinski definition) is 1. The van der Waals surface area contributed by atoms with E-state index in [9.17, 15) is 4.79 Å². The predicted molar refractivity (Wildman–Crippen MR) is 60.1 cm³/mol. The molecule has 0 spiro atoms. The first-order valence-corrected chi connectivity index (χ1v) is 5.18. The largest absolute Gasteiger partial charge is 0.465 e. The van der Waals surface area contributed by atoms with E-state index in [-0.39, 0.29) is 0 Å². The predicted octanol–water partition coefficient (Wildman–Crippen LogP) is 1.97. The van der Waals surface area contributed by atoms with E-state index in [1.54, 1.807) is 6.20 Å². The van der Waals surface area contributed by atoms with E-state index < -0.39 is 5.97 Å². The fraction of sp³-hybridized carbons (Fsp3) is 0.200. The molecule has 0 amide bonds. The van der Waals surface area contributed by atoms with E-state index in [0.717, 1.165) is 15.8 Å². The van der Waals surface area contributed by atoms with Crippen LogP contribution in [-0.2, 0) is 4.74 Å². The highest BCUT2D eigenvalue weighted by Crippen LogP contribution is 2.34. The highest BCUT2D eigenvalue weighted by Gasteiger charge is 2.18. The Labute approximate surface area is 90.7 Å². The van der Waals surface area contributed by atoms with Crippen molar-refractivity contribution in [1.29, 1.82) is 0 Å². The van der Waals surface area contributed by atoms with Crippen molar-refractivity contribution >= 4 is 33.2 Å². The number of methoxy groups -OCH3 is 1. The number of pyridine rings is 1. The van der Waals surface area contributed by atoms with E-state index in [0.29, 0.717) is 10.6 Å². The maximum absolute atomic E-state index is 11.4. The SMILES string of the molecule is COC(=O)c1sc2nccc(C)c2c1N. The molecule has 0 radical (unpaired) electrons. The minimum Gasteiger partial charge on any atom is -0.465 e. The van der Waals surface area contributed by atoms with Gasteiger partial charge >= 0.3 is 5.97 Å². The van der Waals surface area contributed by atoms with E-state index in [1.807, 2.05) is 13.0 Å². The van der Waals surface area contributed by atoms with Gasteiger partial charge in [-0.3, -0.25) is 0 Å². The number of esters is 1. The van der Waals surface area contributed by atoms with Crippen molar-refractivity contribution < 1.29 is 9.53 Å². The number of thiophene rings is 1. The van der Waals surface area contributed by atoms with Gasteiger partial charge in [0.05, 0.1) is 12.8 Å². The quantitative estimate of drug-likeness (QED) is 0.749. The van der Waals surface area contributed by atoms with Crippen molar-refractivity contribution in [3.63, 3.8) is 0 Å². The summed E-state index contributed by atoms with van der Waals surface area (Å²) >= 11 is 1.26. The lowest BCUT2D eigenvalue weighted by Gasteiger charge is -1.97. The molecule has 0 aliphatic rings. The van der Waals surface area contributed by atoms with Gasteiger partial charge in [-0.1, -0.05) is 0 Å². The lowest BCUT2D eigenvalue weighted by atomic mass is 10.2. The van der Waals surface area contributed by atoms with Crippen molar-refractivity contribution in [3.05, 3.63) is 22.7 Å². The number of aryl methyl sites for hydroxylation is 1. The van der Waals surface area contributed by atoms with Crippen LogP contribution in [0.15, 0.2) is 12.3 Å². The average Bonchev–Trinajstić information content (AvgIpc) is 2.56. The number of nitrogens with zero attached hydrogens (tertiary/aromatic N) is 1. The molecule has 0 bridgehead atoms. The lowest BCUT2D eigenvalue weighted by molar-refractivity contribution is 0.0607. The first kappa shape index (κ1) is 9.92. The second-order valence-electron chi connectivity index (χ2n) is 3.14. The molecule has 2 heterocycles. The van der Waals surface area contributed by atoms with Crippen LogP contribution in [-0.4, -0.2) is 18.1 Å². The van der Waals surface area contributed by atoms with Crippen molar-refractivity contribution in [2.45, 2.75) is 6.92 Å². The van der Waals surface area contributed by atoms with Gasteiger partial charge in [-0.25, -0.2) is 9.78 Å². The second kappa shape index (κ2) is 3.51. The van der Waals surface area contributed by atoms with Crippen LogP contribution in [0.4, 0.5) is 5.69 Å². The number of nitrogens with two attached hydrogens (primary N) is 1. The summed E-state index contributed by atoms with van der Waals surface area (Å²) in [5, 5.41) is 0.850. The summed E-state index contributed by atoms with van der Waals surface area (Å²) in [6, 6.07) is 1.87. The number of ether oxygens (including phenoxy) is 1. The van der Waals surface area contributed by atoms with Crippen molar-refractivity contribution in [3.8, 4) is 0 Å². The van der Waals surface area contributed by atoms with Gasteiger partial charge in [0.25, 0.3) is 0 Å². The molecule has 78 valence electrons. The number of nitrogen functional groups attached to an aromatic ring is 1. The van der Waals surface area contributed by atoms with E-state index >= 15 is 0 Å². The summed E-state index contributed by atoms with van der Waals surface area (Å²) in [5.74, 6) is -0.408. The molecule has 0 aliphatic carbocycles. The number of anilines is 1. The minimum absolute atomic E-state index is 0.408. The number of rotatable bonds is 1. The van der Waals surface area contributed by atoms with Crippen LogP contribution in [0.1, 0.15) is 15.2 Å². The Balaban J connectivity index is 2.75. The normalized spacial score (nSPS) is 10.5. The van der Waals surface area contributed by atoms with Gasteiger partial charge in [0.2, 0.25) is 0 Å². The second-order valence-corrected chi connectivity index (χ2v) is 4.14. The average molecular weight is 222 g/mol. The lowest BCUT2D eigenvalue weighted by Crippen LogP contribution is -2.01. The van der Waals surface area contributed by atoms with E-state index in [4.69, 9.17) is 5.73 Å². The zero-order valence-electron chi connectivity index (χ0n) is 8.40. The molecule has 0 aliphatic heterocycles. The van der Waals surface area contributed by atoms with Gasteiger partial charge in [0.1, 0.15) is 9.71 Å². The van der Waals surface area contributed by atoms with Crippen LogP contribution < -0.4 is 5.73 Å². The maximum Gasteiger partial charge on any atom is 0.350 e. The summed E-state index contributed by atoms with van der Waals surface area (Å²) in [4.78, 5) is 16.8. The molecule has 0 atom stereocenters. The number of hydrogen-bond acceptors (Lipinski definition) is 5. The van der Waals surface area contributed by atoms with E-state index in [2.05, 4.69) is 9.72 Å². The zero-order chi connectivity index (χ0) is 11.0. The molecular formula is C10H10N2O2S. The summed E-state index contributed by atoms with van der Waals surface area (Å²) in [6.07, 6.45) is 1.70. The molecule has 15 heavy (non-hydrogen) atoms.